The number of ether oxygens (including phenoxy) is 1. The van der Waals surface area contributed by atoms with Crippen LogP contribution in [-0.2, 0) is 0 Å². The number of rotatable bonds is 4. The summed E-state index contributed by atoms with van der Waals surface area (Å²) in [6.07, 6.45) is 7.36. The molecule has 2 aromatic rings. The van der Waals surface area contributed by atoms with Gasteiger partial charge in [-0.3, -0.25) is 4.98 Å². The first kappa shape index (κ1) is 12.2. The minimum absolute atomic E-state index is 0.555. The molecule has 1 saturated heterocycles. The Bertz CT molecular complexity index is 507. The van der Waals surface area contributed by atoms with Crippen LogP contribution in [0.1, 0.15) is 12.8 Å². The molecule has 3 rings (SSSR count). The van der Waals surface area contributed by atoms with E-state index in [0.717, 1.165) is 13.1 Å². The maximum Gasteiger partial charge on any atom is 0.232 e. The van der Waals surface area contributed by atoms with E-state index in [1.807, 2.05) is 12.1 Å². The molecule has 0 aliphatic carbocycles. The SMILES string of the molecule is c1coc(-c2cncc(OCC3CCCNC3)n2)c1. The average Bonchev–Trinajstić information content (AvgIpc) is 3.01. The van der Waals surface area contributed by atoms with Crippen LogP contribution in [0.15, 0.2) is 35.2 Å². The van der Waals surface area contributed by atoms with E-state index in [2.05, 4.69) is 15.3 Å². The molecule has 1 N–H and O–H groups in total. The summed E-state index contributed by atoms with van der Waals surface area (Å²) in [5.74, 6) is 1.82. The van der Waals surface area contributed by atoms with Gasteiger partial charge in [0.25, 0.3) is 0 Å². The van der Waals surface area contributed by atoms with Crippen LogP contribution in [0.4, 0.5) is 0 Å². The maximum atomic E-state index is 5.73. The van der Waals surface area contributed by atoms with Gasteiger partial charge in [0.1, 0.15) is 5.69 Å². The van der Waals surface area contributed by atoms with Crippen LogP contribution in [0, 0.1) is 5.92 Å². The van der Waals surface area contributed by atoms with Crippen molar-refractivity contribution >= 4 is 0 Å². The molecule has 5 heteroatoms. The van der Waals surface area contributed by atoms with Crippen molar-refractivity contribution in [1.82, 2.24) is 15.3 Å². The first-order valence-corrected chi connectivity index (χ1v) is 6.61. The Labute approximate surface area is 112 Å². The van der Waals surface area contributed by atoms with Gasteiger partial charge in [-0.15, -0.1) is 0 Å². The quantitative estimate of drug-likeness (QED) is 0.911. The summed E-state index contributed by atoms with van der Waals surface area (Å²) < 4.78 is 11.0. The summed E-state index contributed by atoms with van der Waals surface area (Å²) in [7, 11) is 0. The fourth-order valence-corrected chi connectivity index (χ4v) is 2.23. The molecule has 1 aliphatic heterocycles. The molecule has 2 aromatic heterocycles. The Kier molecular flexibility index (Phi) is 3.74. The molecule has 1 atom stereocenters. The Morgan fingerprint density at radius 3 is 3.21 bits per heavy atom. The highest BCUT2D eigenvalue weighted by molar-refractivity contribution is 5.50. The first-order valence-electron chi connectivity index (χ1n) is 6.61. The largest absolute Gasteiger partial charge is 0.476 e. The molecule has 100 valence electrons. The summed E-state index contributed by atoms with van der Waals surface area (Å²) in [6, 6.07) is 3.69. The third kappa shape index (κ3) is 3.12. The van der Waals surface area contributed by atoms with Crippen molar-refractivity contribution in [3.05, 3.63) is 30.8 Å². The van der Waals surface area contributed by atoms with E-state index in [4.69, 9.17) is 9.15 Å². The van der Waals surface area contributed by atoms with Crippen molar-refractivity contribution in [2.75, 3.05) is 19.7 Å². The lowest BCUT2D eigenvalue weighted by molar-refractivity contribution is 0.211. The molecule has 5 nitrogen and oxygen atoms in total. The zero-order valence-electron chi connectivity index (χ0n) is 10.7. The average molecular weight is 259 g/mol. The van der Waals surface area contributed by atoms with E-state index in [-0.39, 0.29) is 0 Å². The van der Waals surface area contributed by atoms with Gasteiger partial charge in [-0.2, -0.15) is 0 Å². The fraction of sp³-hybridized carbons (Fsp3) is 0.429. The van der Waals surface area contributed by atoms with Crippen molar-refractivity contribution in [3.63, 3.8) is 0 Å². The standard InChI is InChI=1S/C14H17N3O2/c1-3-11(7-15-5-1)10-19-14-9-16-8-12(17-14)13-4-2-6-18-13/h2,4,6,8-9,11,15H,1,3,5,7,10H2. The highest BCUT2D eigenvalue weighted by Gasteiger charge is 2.14. The number of aromatic nitrogens is 2. The van der Waals surface area contributed by atoms with Crippen LogP contribution >= 0.6 is 0 Å². The van der Waals surface area contributed by atoms with E-state index in [1.165, 1.54) is 12.8 Å². The maximum absolute atomic E-state index is 5.73. The van der Waals surface area contributed by atoms with Crippen molar-refractivity contribution in [2.24, 2.45) is 5.92 Å². The lowest BCUT2D eigenvalue weighted by atomic mass is 10.0. The van der Waals surface area contributed by atoms with Crippen LogP contribution in [0.5, 0.6) is 5.88 Å². The van der Waals surface area contributed by atoms with Gasteiger partial charge in [0, 0.05) is 12.5 Å². The normalized spacial score (nSPS) is 19.3. The Balaban J connectivity index is 1.63. The molecule has 1 aliphatic rings. The second-order valence-electron chi connectivity index (χ2n) is 4.74. The minimum atomic E-state index is 0.555. The molecule has 1 unspecified atom stereocenters. The van der Waals surface area contributed by atoms with E-state index in [1.54, 1.807) is 18.7 Å². The van der Waals surface area contributed by atoms with Crippen LogP contribution in [0.2, 0.25) is 0 Å². The molecule has 0 bridgehead atoms. The van der Waals surface area contributed by atoms with Crippen molar-refractivity contribution in [2.45, 2.75) is 12.8 Å². The smallest absolute Gasteiger partial charge is 0.232 e. The number of hydrogen-bond donors (Lipinski definition) is 1. The molecular weight excluding hydrogens is 242 g/mol. The third-order valence-electron chi connectivity index (χ3n) is 3.25. The van der Waals surface area contributed by atoms with Crippen LogP contribution < -0.4 is 10.1 Å². The molecule has 0 aromatic carbocycles. The molecule has 19 heavy (non-hydrogen) atoms. The van der Waals surface area contributed by atoms with Crippen LogP contribution in [0.25, 0.3) is 11.5 Å². The number of nitrogens with one attached hydrogen (secondary N) is 1. The third-order valence-corrected chi connectivity index (χ3v) is 3.25. The Morgan fingerprint density at radius 2 is 2.42 bits per heavy atom. The van der Waals surface area contributed by atoms with Gasteiger partial charge >= 0.3 is 0 Å². The van der Waals surface area contributed by atoms with Crippen LogP contribution in [-0.4, -0.2) is 29.7 Å². The second-order valence-corrected chi connectivity index (χ2v) is 4.74. The first-order chi connectivity index (χ1) is 9.42. The molecule has 0 amide bonds. The van der Waals surface area contributed by atoms with E-state index >= 15 is 0 Å². The van der Waals surface area contributed by atoms with Gasteiger partial charge in [-0.25, -0.2) is 4.98 Å². The lowest BCUT2D eigenvalue weighted by Crippen LogP contribution is -2.33. The van der Waals surface area contributed by atoms with Gasteiger partial charge in [-0.05, 0) is 31.5 Å². The molecule has 0 spiro atoms. The van der Waals surface area contributed by atoms with Gasteiger partial charge < -0.3 is 14.5 Å². The second kappa shape index (κ2) is 5.84. The fourth-order valence-electron chi connectivity index (χ4n) is 2.23. The number of piperidine rings is 1. The molecular formula is C14H17N3O2. The summed E-state index contributed by atoms with van der Waals surface area (Å²) in [6.45, 7) is 2.82. The number of nitrogens with zero attached hydrogens (tertiary/aromatic N) is 2. The van der Waals surface area contributed by atoms with E-state index in [9.17, 15) is 0 Å². The highest BCUT2D eigenvalue weighted by Crippen LogP contribution is 2.19. The van der Waals surface area contributed by atoms with Crippen molar-refractivity contribution in [3.8, 4) is 17.3 Å². The summed E-state index contributed by atoms with van der Waals surface area (Å²) >= 11 is 0. The summed E-state index contributed by atoms with van der Waals surface area (Å²) in [5.41, 5.74) is 0.698. The van der Waals surface area contributed by atoms with Gasteiger partial charge in [0.2, 0.25) is 5.88 Å². The van der Waals surface area contributed by atoms with Gasteiger partial charge in [0.05, 0.1) is 25.3 Å². The Hall–Kier alpha value is -1.88. The molecule has 0 saturated carbocycles. The molecule has 1 fully saturated rings. The van der Waals surface area contributed by atoms with Gasteiger partial charge in [-0.1, -0.05) is 0 Å². The van der Waals surface area contributed by atoms with Crippen molar-refractivity contribution in [1.29, 1.82) is 0 Å². The zero-order valence-corrected chi connectivity index (χ0v) is 10.7. The molecule has 0 radical (unpaired) electrons. The number of hydrogen-bond acceptors (Lipinski definition) is 5. The number of furan rings is 1. The van der Waals surface area contributed by atoms with E-state index in [0.29, 0.717) is 29.9 Å². The monoisotopic (exact) mass is 259 g/mol. The summed E-state index contributed by atoms with van der Waals surface area (Å²) in [4.78, 5) is 8.54. The zero-order chi connectivity index (χ0) is 12.9. The van der Waals surface area contributed by atoms with Crippen LogP contribution in [0.3, 0.4) is 0 Å². The highest BCUT2D eigenvalue weighted by atomic mass is 16.5. The summed E-state index contributed by atoms with van der Waals surface area (Å²) in [5, 5.41) is 3.37. The van der Waals surface area contributed by atoms with Gasteiger partial charge in [0.15, 0.2) is 5.76 Å². The predicted octanol–water partition coefficient (Wildman–Crippen LogP) is 2.11. The predicted molar refractivity (Wildman–Crippen MR) is 70.8 cm³/mol. The topological polar surface area (TPSA) is 60.2 Å². The minimum Gasteiger partial charge on any atom is -0.476 e. The Morgan fingerprint density at radius 1 is 1.42 bits per heavy atom. The van der Waals surface area contributed by atoms with Crippen molar-refractivity contribution < 1.29 is 9.15 Å². The molecule has 3 heterocycles. The van der Waals surface area contributed by atoms with E-state index < -0.39 is 0 Å². The lowest BCUT2D eigenvalue weighted by Gasteiger charge is -2.22.